The Morgan fingerprint density at radius 1 is 1.03 bits per heavy atom. The van der Waals surface area contributed by atoms with Crippen LogP contribution in [0.2, 0.25) is 0 Å². The third kappa shape index (κ3) is 6.04. The van der Waals surface area contributed by atoms with Gasteiger partial charge in [-0.05, 0) is 90.1 Å². The van der Waals surface area contributed by atoms with Crippen LogP contribution in [0, 0.1) is 5.92 Å². The van der Waals surface area contributed by atoms with E-state index in [0.29, 0.717) is 42.8 Å². The van der Waals surface area contributed by atoms with E-state index in [-0.39, 0.29) is 24.4 Å². The molecule has 1 aliphatic carbocycles. The van der Waals surface area contributed by atoms with Crippen molar-refractivity contribution in [3.63, 3.8) is 0 Å². The van der Waals surface area contributed by atoms with Crippen LogP contribution in [-0.4, -0.2) is 55.0 Å². The van der Waals surface area contributed by atoms with Crippen molar-refractivity contribution in [3.05, 3.63) is 81.5 Å². The number of carbonyl (C=O) groups excluding carboxylic acids is 2. The second-order valence-electron chi connectivity index (χ2n) is 10.5. The molecule has 1 saturated carbocycles. The zero-order valence-corrected chi connectivity index (χ0v) is 23.2. The van der Waals surface area contributed by atoms with Crippen LogP contribution < -0.4 is 9.47 Å². The van der Waals surface area contributed by atoms with Crippen molar-refractivity contribution >= 4 is 23.2 Å². The second-order valence-corrected chi connectivity index (χ2v) is 11.5. The summed E-state index contributed by atoms with van der Waals surface area (Å²) in [6, 6.07) is 17.2. The summed E-state index contributed by atoms with van der Waals surface area (Å²) >= 11 is 1.74. The lowest BCUT2D eigenvalue weighted by Crippen LogP contribution is -2.48. The molecule has 1 aliphatic heterocycles. The highest BCUT2D eigenvalue weighted by Crippen LogP contribution is 2.35. The number of nitrogens with zero attached hydrogens (tertiary/aromatic N) is 2. The van der Waals surface area contributed by atoms with Gasteiger partial charge >= 0.3 is 0 Å². The van der Waals surface area contributed by atoms with Crippen LogP contribution in [0.25, 0.3) is 0 Å². The highest BCUT2D eigenvalue weighted by molar-refractivity contribution is 7.10. The molecule has 6 nitrogen and oxygen atoms in total. The highest BCUT2D eigenvalue weighted by Gasteiger charge is 2.35. The summed E-state index contributed by atoms with van der Waals surface area (Å²) in [6.07, 6.45) is 3.04. The lowest BCUT2D eigenvalue weighted by molar-refractivity contribution is -0.135. The number of hydrogen-bond donors (Lipinski definition) is 0. The maximum Gasteiger partial charge on any atom is 0.254 e. The van der Waals surface area contributed by atoms with Crippen molar-refractivity contribution < 1.29 is 19.1 Å². The minimum atomic E-state index is -0.180. The molecule has 1 fully saturated rings. The quantitative estimate of drug-likeness (QED) is 0.324. The van der Waals surface area contributed by atoms with Crippen molar-refractivity contribution in [2.45, 2.75) is 45.1 Å². The maximum atomic E-state index is 13.8. The number of amides is 2. The Balaban J connectivity index is 1.31. The number of rotatable bonds is 10. The van der Waals surface area contributed by atoms with Gasteiger partial charge in [0.1, 0.15) is 24.7 Å². The van der Waals surface area contributed by atoms with Crippen LogP contribution in [0.4, 0.5) is 0 Å². The van der Waals surface area contributed by atoms with Crippen LogP contribution in [-0.2, 0) is 11.2 Å². The fraction of sp³-hybridized carbons (Fsp3) is 0.419. The average molecular weight is 533 g/mol. The first-order valence-electron chi connectivity index (χ1n) is 13.4. The Morgan fingerprint density at radius 2 is 1.74 bits per heavy atom. The number of ether oxygens (including phenoxy) is 2. The van der Waals surface area contributed by atoms with E-state index in [1.807, 2.05) is 17.0 Å². The molecule has 2 amide bonds. The van der Waals surface area contributed by atoms with Crippen LogP contribution in [0.5, 0.6) is 11.5 Å². The average Bonchev–Trinajstić information content (AvgIpc) is 3.63. The number of thiophene rings is 1. The lowest BCUT2D eigenvalue weighted by atomic mass is 10.00. The molecule has 0 saturated heterocycles. The van der Waals surface area contributed by atoms with Crippen LogP contribution in [0.3, 0.4) is 0 Å². The van der Waals surface area contributed by atoms with Gasteiger partial charge in [0.2, 0.25) is 5.91 Å². The largest absolute Gasteiger partial charge is 0.497 e. The van der Waals surface area contributed by atoms with E-state index >= 15 is 0 Å². The monoisotopic (exact) mass is 532 g/mol. The number of hydrogen-bond acceptors (Lipinski definition) is 5. The van der Waals surface area contributed by atoms with Crippen molar-refractivity contribution in [2.75, 3.05) is 33.4 Å². The molecule has 3 aromatic rings. The van der Waals surface area contributed by atoms with Gasteiger partial charge in [0.25, 0.3) is 5.91 Å². The highest BCUT2D eigenvalue weighted by atomic mass is 32.1. The molecular formula is C31H36N2O4S. The molecule has 0 unspecified atom stereocenters. The molecular weight excluding hydrogens is 496 g/mol. The third-order valence-electron chi connectivity index (χ3n) is 7.50. The fourth-order valence-electron chi connectivity index (χ4n) is 5.00. The molecule has 0 spiro atoms. The van der Waals surface area contributed by atoms with Gasteiger partial charge in [-0.15, -0.1) is 11.3 Å². The van der Waals surface area contributed by atoms with Crippen molar-refractivity contribution in [1.29, 1.82) is 0 Å². The molecule has 0 bridgehead atoms. The number of carbonyl (C=O) groups is 2. The molecule has 1 aromatic heterocycles. The van der Waals surface area contributed by atoms with Gasteiger partial charge in [-0.3, -0.25) is 9.59 Å². The smallest absolute Gasteiger partial charge is 0.254 e. The predicted molar refractivity (Wildman–Crippen MR) is 150 cm³/mol. The van der Waals surface area contributed by atoms with E-state index < -0.39 is 0 Å². The van der Waals surface area contributed by atoms with E-state index in [1.54, 1.807) is 47.6 Å². The van der Waals surface area contributed by atoms with Crippen LogP contribution in [0.1, 0.15) is 65.0 Å². The molecule has 2 aromatic carbocycles. The summed E-state index contributed by atoms with van der Waals surface area (Å²) in [5, 5.41) is 2.09. The summed E-state index contributed by atoms with van der Waals surface area (Å²) in [6.45, 7) is 6.03. The van der Waals surface area contributed by atoms with Gasteiger partial charge in [0.05, 0.1) is 13.2 Å². The van der Waals surface area contributed by atoms with Gasteiger partial charge in [0, 0.05) is 23.5 Å². The number of benzene rings is 2. The van der Waals surface area contributed by atoms with Gasteiger partial charge in [0.15, 0.2) is 0 Å². The normalized spacial score (nSPS) is 16.7. The maximum absolute atomic E-state index is 13.8. The first-order valence-corrected chi connectivity index (χ1v) is 14.3. The van der Waals surface area contributed by atoms with Gasteiger partial charge in [-0.1, -0.05) is 26.0 Å². The number of methoxy groups -OCH3 is 1. The third-order valence-corrected chi connectivity index (χ3v) is 8.49. The molecule has 2 heterocycles. The van der Waals surface area contributed by atoms with Crippen molar-refractivity contribution in [3.8, 4) is 11.5 Å². The molecule has 38 heavy (non-hydrogen) atoms. The summed E-state index contributed by atoms with van der Waals surface area (Å²) < 4.78 is 11.5. The Hall–Kier alpha value is -3.32. The Labute approximate surface area is 229 Å². The minimum absolute atomic E-state index is 0.0342. The van der Waals surface area contributed by atoms with Gasteiger partial charge in [-0.2, -0.15) is 0 Å². The molecule has 2 aliphatic rings. The molecule has 1 atom stereocenters. The molecule has 200 valence electrons. The predicted octanol–water partition coefficient (Wildman–Crippen LogP) is 5.94. The second kappa shape index (κ2) is 11.6. The van der Waals surface area contributed by atoms with E-state index in [9.17, 15) is 9.59 Å². The van der Waals surface area contributed by atoms with E-state index in [1.165, 1.54) is 10.4 Å². The number of fused-ring (bicyclic) bond motifs is 1. The standard InChI is InChI=1S/C31H36N2O4S/c1-21(2)23-6-12-26(13-7-23)37-20-28-27-15-17-38-29(27)14-16-33(28)30(34)19-32(18-22-4-5-22)31(35)24-8-10-25(36-3)11-9-24/h6-13,15,17,21-22,28H,4-5,14,16,18-20H2,1-3H3/t28-/m0/s1. The van der Waals surface area contributed by atoms with Gasteiger partial charge in [-0.25, -0.2) is 0 Å². The fourth-order valence-corrected chi connectivity index (χ4v) is 5.93. The minimum Gasteiger partial charge on any atom is -0.497 e. The lowest BCUT2D eigenvalue weighted by Gasteiger charge is -2.37. The summed E-state index contributed by atoms with van der Waals surface area (Å²) in [7, 11) is 1.60. The summed E-state index contributed by atoms with van der Waals surface area (Å²) in [5.41, 5.74) is 3.00. The topological polar surface area (TPSA) is 59.1 Å². The summed E-state index contributed by atoms with van der Waals surface area (Å²) in [5.74, 6) is 2.29. The SMILES string of the molecule is COc1ccc(C(=O)N(CC(=O)N2CCc3sccc3[C@@H]2COc2ccc(C(C)C)cc2)CC2CC2)cc1. The first-order chi connectivity index (χ1) is 18.4. The van der Waals surface area contributed by atoms with Crippen LogP contribution in [0.15, 0.2) is 60.0 Å². The Kier molecular flexibility index (Phi) is 8.03. The molecule has 0 radical (unpaired) electrons. The first kappa shape index (κ1) is 26.3. The van der Waals surface area contributed by atoms with Gasteiger partial charge < -0.3 is 19.3 Å². The zero-order chi connectivity index (χ0) is 26.6. The van der Waals surface area contributed by atoms with E-state index in [0.717, 1.165) is 30.6 Å². The van der Waals surface area contributed by atoms with E-state index in [4.69, 9.17) is 9.47 Å². The Bertz CT molecular complexity index is 1250. The molecule has 7 heteroatoms. The van der Waals surface area contributed by atoms with E-state index in [2.05, 4.69) is 37.4 Å². The summed E-state index contributed by atoms with van der Waals surface area (Å²) in [4.78, 5) is 32.2. The molecule has 0 N–H and O–H groups in total. The Morgan fingerprint density at radius 3 is 2.39 bits per heavy atom. The van der Waals surface area contributed by atoms with Crippen LogP contribution >= 0.6 is 11.3 Å². The molecule has 5 rings (SSSR count). The zero-order valence-electron chi connectivity index (χ0n) is 22.4. The van der Waals surface area contributed by atoms with Crippen molar-refractivity contribution in [1.82, 2.24) is 9.80 Å². The van der Waals surface area contributed by atoms with Crippen molar-refractivity contribution in [2.24, 2.45) is 5.92 Å².